The third kappa shape index (κ3) is 3.42. The summed E-state index contributed by atoms with van der Waals surface area (Å²) in [5.74, 6) is -1.22. The molecule has 6 heteroatoms. The van der Waals surface area contributed by atoms with Crippen molar-refractivity contribution in [2.24, 2.45) is 0 Å². The number of carboxylic acids is 1. The van der Waals surface area contributed by atoms with Crippen LogP contribution in [0.1, 0.15) is 39.5 Å². The molecule has 1 saturated heterocycles. The molecular formula is C17H18N2O3S. The third-order valence-electron chi connectivity index (χ3n) is 4.05. The Labute approximate surface area is 138 Å². The predicted octanol–water partition coefficient (Wildman–Crippen LogP) is 2.73. The molecular weight excluding hydrogens is 312 g/mol. The second-order valence-corrected chi connectivity index (χ2v) is 6.73. The summed E-state index contributed by atoms with van der Waals surface area (Å²) >= 11 is 1.44. The van der Waals surface area contributed by atoms with Gasteiger partial charge in [-0.15, -0.1) is 11.3 Å². The Kier molecular flexibility index (Phi) is 4.43. The summed E-state index contributed by atoms with van der Waals surface area (Å²) in [6.45, 7) is 2.53. The van der Waals surface area contributed by atoms with Crippen molar-refractivity contribution in [3.05, 3.63) is 51.5 Å². The van der Waals surface area contributed by atoms with E-state index in [2.05, 4.69) is 29.2 Å². The van der Waals surface area contributed by atoms with Crippen molar-refractivity contribution in [3.8, 4) is 0 Å². The van der Waals surface area contributed by atoms with Crippen molar-refractivity contribution in [2.45, 2.75) is 32.2 Å². The number of aliphatic carboxylic acids is 1. The number of carbonyl (C=O) groups excluding carboxylic acids is 1. The molecule has 23 heavy (non-hydrogen) atoms. The number of likely N-dealkylation sites (tertiary alicyclic amines) is 1. The minimum Gasteiger partial charge on any atom is -0.480 e. The van der Waals surface area contributed by atoms with E-state index in [0.29, 0.717) is 25.1 Å². The average molecular weight is 330 g/mol. The number of aryl methyl sites for hydroxylation is 1. The number of hydrogen-bond acceptors (Lipinski definition) is 4. The highest BCUT2D eigenvalue weighted by Gasteiger charge is 2.35. The molecule has 1 amide bonds. The summed E-state index contributed by atoms with van der Waals surface area (Å²) in [6, 6.07) is 7.50. The van der Waals surface area contributed by atoms with Gasteiger partial charge in [0.1, 0.15) is 11.7 Å². The quantitative estimate of drug-likeness (QED) is 0.936. The number of carboxylic acid groups (broad SMARTS) is 1. The van der Waals surface area contributed by atoms with Gasteiger partial charge >= 0.3 is 5.97 Å². The summed E-state index contributed by atoms with van der Waals surface area (Å²) in [6.07, 6.45) is 1.92. The molecule has 1 aromatic heterocycles. The second-order valence-electron chi connectivity index (χ2n) is 5.78. The number of carbonyl (C=O) groups is 2. The van der Waals surface area contributed by atoms with Crippen LogP contribution in [-0.4, -0.2) is 39.5 Å². The lowest BCUT2D eigenvalue weighted by Gasteiger charge is -2.20. The van der Waals surface area contributed by atoms with Gasteiger partial charge in [0, 0.05) is 18.3 Å². The number of aromatic nitrogens is 1. The molecule has 120 valence electrons. The van der Waals surface area contributed by atoms with Crippen LogP contribution < -0.4 is 0 Å². The molecule has 2 heterocycles. The molecule has 0 bridgehead atoms. The Balaban J connectivity index is 1.72. The second kappa shape index (κ2) is 6.50. The average Bonchev–Trinajstić information content (AvgIpc) is 3.18. The number of benzene rings is 1. The molecule has 1 fully saturated rings. The molecule has 1 aliphatic heterocycles. The normalized spacial score (nSPS) is 17.4. The zero-order chi connectivity index (χ0) is 16.4. The van der Waals surface area contributed by atoms with Gasteiger partial charge in [-0.3, -0.25) is 4.79 Å². The van der Waals surface area contributed by atoms with Gasteiger partial charge in [-0.1, -0.05) is 29.8 Å². The van der Waals surface area contributed by atoms with Gasteiger partial charge in [-0.05, 0) is 25.3 Å². The molecule has 1 aliphatic rings. The van der Waals surface area contributed by atoms with Crippen LogP contribution in [0.4, 0.5) is 0 Å². The molecule has 1 aromatic carbocycles. The van der Waals surface area contributed by atoms with Crippen LogP contribution in [0.5, 0.6) is 0 Å². The van der Waals surface area contributed by atoms with Crippen LogP contribution >= 0.6 is 11.3 Å². The number of nitrogens with zero attached hydrogens (tertiary/aromatic N) is 2. The summed E-state index contributed by atoms with van der Waals surface area (Å²) in [5, 5.41) is 11.8. The summed E-state index contributed by atoms with van der Waals surface area (Å²) in [7, 11) is 0. The van der Waals surface area contributed by atoms with Crippen molar-refractivity contribution in [2.75, 3.05) is 6.54 Å². The summed E-state index contributed by atoms with van der Waals surface area (Å²) < 4.78 is 0. The number of thiazole rings is 1. The zero-order valence-electron chi connectivity index (χ0n) is 12.9. The van der Waals surface area contributed by atoms with Crippen LogP contribution in [0.3, 0.4) is 0 Å². The maximum atomic E-state index is 12.5. The molecule has 0 saturated carbocycles. The molecule has 0 aliphatic carbocycles. The molecule has 0 unspecified atom stereocenters. The molecule has 5 nitrogen and oxygen atoms in total. The molecule has 0 spiro atoms. The lowest BCUT2D eigenvalue weighted by Crippen LogP contribution is -2.40. The lowest BCUT2D eigenvalue weighted by atomic mass is 10.1. The third-order valence-corrected chi connectivity index (χ3v) is 4.89. The highest BCUT2D eigenvalue weighted by atomic mass is 32.1. The Morgan fingerprint density at radius 2 is 2.09 bits per heavy atom. The summed E-state index contributed by atoms with van der Waals surface area (Å²) in [5.41, 5.74) is 2.70. The minimum absolute atomic E-state index is 0.277. The Bertz CT molecular complexity index is 724. The molecule has 3 rings (SSSR count). The summed E-state index contributed by atoms with van der Waals surface area (Å²) in [4.78, 5) is 29.5. The van der Waals surface area contributed by atoms with Crippen LogP contribution in [0.2, 0.25) is 0 Å². The Hall–Kier alpha value is -2.21. The van der Waals surface area contributed by atoms with Crippen molar-refractivity contribution in [1.82, 2.24) is 9.88 Å². The fraction of sp³-hybridized carbons (Fsp3) is 0.353. The van der Waals surface area contributed by atoms with Crippen LogP contribution in [0.15, 0.2) is 29.6 Å². The molecule has 0 radical (unpaired) electrons. The first-order valence-corrected chi connectivity index (χ1v) is 8.46. The van der Waals surface area contributed by atoms with E-state index in [1.807, 2.05) is 6.92 Å². The fourth-order valence-corrected chi connectivity index (χ4v) is 3.59. The van der Waals surface area contributed by atoms with Crippen molar-refractivity contribution in [3.63, 3.8) is 0 Å². The van der Waals surface area contributed by atoms with E-state index in [-0.39, 0.29) is 5.91 Å². The van der Waals surface area contributed by atoms with Crippen molar-refractivity contribution >= 4 is 23.2 Å². The van der Waals surface area contributed by atoms with Gasteiger partial charge in [-0.25, -0.2) is 9.78 Å². The van der Waals surface area contributed by atoms with Crippen LogP contribution in [0.25, 0.3) is 0 Å². The van der Waals surface area contributed by atoms with Crippen LogP contribution in [0, 0.1) is 6.92 Å². The first-order valence-electron chi connectivity index (χ1n) is 7.58. The van der Waals surface area contributed by atoms with E-state index < -0.39 is 12.0 Å². The topological polar surface area (TPSA) is 70.5 Å². The van der Waals surface area contributed by atoms with Gasteiger partial charge in [0.2, 0.25) is 0 Å². The van der Waals surface area contributed by atoms with E-state index in [1.54, 1.807) is 5.38 Å². The van der Waals surface area contributed by atoms with E-state index in [9.17, 15) is 14.7 Å². The Morgan fingerprint density at radius 1 is 1.35 bits per heavy atom. The zero-order valence-corrected chi connectivity index (χ0v) is 13.7. The molecule has 1 atom stereocenters. The molecule has 1 N–H and O–H groups in total. The monoisotopic (exact) mass is 330 g/mol. The van der Waals surface area contributed by atoms with Gasteiger partial charge in [0.25, 0.3) is 5.91 Å². The maximum Gasteiger partial charge on any atom is 0.326 e. The standard InChI is InChI=1S/C17H18N2O3S/c1-11-4-6-12(7-5-11)9-15-18-13(10-23-15)16(20)19-8-2-3-14(19)17(21)22/h4-7,10,14H,2-3,8-9H2,1H3,(H,21,22)/t14-/m1/s1. The van der Waals surface area contributed by atoms with E-state index in [4.69, 9.17) is 0 Å². The van der Waals surface area contributed by atoms with Gasteiger partial charge < -0.3 is 10.0 Å². The van der Waals surface area contributed by atoms with Crippen molar-refractivity contribution < 1.29 is 14.7 Å². The minimum atomic E-state index is -0.939. The first kappa shape index (κ1) is 15.7. The van der Waals surface area contributed by atoms with Gasteiger partial charge in [0.15, 0.2) is 0 Å². The number of amides is 1. The van der Waals surface area contributed by atoms with E-state index >= 15 is 0 Å². The van der Waals surface area contributed by atoms with Crippen LogP contribution in [-0.2, 0) is 11.2 Å². The Morgan fingerprint density at radius 3 is 2.78 bits per heavy atom. The van der Waals surface area contributed by atoms with E-state index in [0.717, 1.165) is 17.0 Å². The van der Waals surface area contributed by atoms with E-state index in [1.165, 1.54) is 21.8 Å². The highest BCUT2D eigenvalue weighted by molar-refractivity contribution is 7.09. The largest absolute Gasteiger partial charge is 0.480 e. The van der Waals surface area contributed by atoms with Crippen molar-refractivity contribution in [1.29, 1.82) is 0 Å². The fourth-order valence-electron chi connectivity index (χ4n) is 2.78. The lowest BCUT2D eigenvalue weighted by molar-refractivity contribution is -0.141. The predicted molar refractivity (Wildman–Crippen MR) is 87.8 cm³/mol. The number of rotatable bonds is 4. The maximum absolute atomic E-state index is 12.5. The smallest absolute Gasteiger partial charge is 0.326 e. The SMILES string of the molecule is Cc1ccc(Cc2nc(C(=O)N3CCC[C@@H]3C(=O)O)cs2)cc1. The number of hydrogen-bond donors (Lipinski definition) is 1. The first-order chi connectivity index (χ1) is 11.0. The highest BCUT2D eigenvalue weighted by Crippen LogP contribution is 2.22. The molecule has 2 aromatic rings. The van der Waals surface area contributed by atoms with Gasteiger partial charge in [-0.2, -0.15) is 0 Å². The van der Waals surface area contributed by atoms with Gasteiger partial charge in [0.05, 0.1) is 5.01 Å².